The molecule has 4 heteroatoms. The van der Waals surface area contributed by atoms with Crippen LogP contribution in [0.2, 0.25) is 0 Å². The maximum Gasteiger partial charge on any atom is 0.136 e. The molecule has 0 aliphatic carbocycles. The third-order valence-electron chi connectivity index (χ3n) is 3.73. The van der Waals surface area contributed by atoms with Gasteiger partial charge in [0.25, 0.3) is 0 Å². The van der Waals surface area contributed by atoms with E-state index in [9.17, 15) is 5.21 Å². The first kappa shape index (κ1) is 16.5. The lowest BCUT2D eigenvalue weighted by molar-refractivity contribution is 0.320. The van der Waals surface area contributed by atoms with Crippen molar-refractivity contribution in [3.05, 3.63) is 96.1 Å². The van der Waals surface area contributed by atoms with Crippen LogP contribution >= 0.6 is 0 Å². The molecule has 1 N–H and O–H groups in total. The summed E-state index contributed by atoms with van der Waals surface area (Å²) in [6, 6.07) is 26.6. The second-order valence-electron chi connectivity index (χ2n) is 5.34. The predicted octanol–water partition coefficient (Wildman–Crippen LogP) is 4.69. The lowest BCUT2D eigenvalue weighted by Crippen LogP contribution is -2.17. The van der Waals surface area contributed by atoms with Crippen molar-refractivity contribution in [1.82, 2.24) is 0 Å². The highest BCUT2D eigenvalue weighted by atomic mass is 16.5. The zero-order valence-electron chi connectivity index (χ0n) is 13.8. The van der Waals surface area contributed by atoms with E-state index in [0.717, 1.165) is 22.6 Å². The molecule has 0 radical (unpaired) electrons. The van der Waals surface area contributed by atoms with Crippen LogP contribution in [0, 0.1) is 0 Å². The first-order chi connectivity index (χ1) is 12.3. The van der Waals surface area contributed by atoms with Gasteiger partial charge >= 0.3 is 0 Å². The minimum atomic E-state index is 0.419. The summed E-state index contributed by atoms with van der Waals surface area (Å²) >= 11 is 0. The minimum Gasteiger partial charge on any atom is -0.497 e. The fourth-order valence-electron chi connectivity index (χ4n) is 2.47. The van der Waals surface area contributed by atoms with Crippen LogP contribution in [-0.4, -0.2) is 23.7 Å². The zero-order chi connectivity index (χ0) is 17.5. The molecular formula is C21H18N2O2. The van der Waals surface area contributed by atoms with Crippen LogP contribution in [0.25, 0.3) is 0 Å². The largest absolute Gasteiger partial charge is 0.497 e. The fraction of sp³-hybridized carbons (Fsp3) is 0.0476. The molecule has 0 amide bonds. The SMILES string of the molecule is COc1ccc(N=C(/C(=N\O)c2ccccc2)c2ccccc2)cc1. The third-order valence-corrected chi connectivity index (χ3v) is 3.73. The quantitative estimate of drug-likeness (QED) is 0.419. The highest BCUT2D eigenvalue weighted by Crippen LogP contribution is 2.20. The van der Waals surface area contributed by atoms with Gasteiger partial charge in [-0.15, -0.1) is 0 Å². The summed E-state index contributed by atoms with van der Waals surface area (Å²) in [5, 5.41) is 13.2. The highest BCUT2D eigenvalue weighted by molar-refractivity contribution is 6.53. The normalized spacial score (nSPS) is 12.0. The van der Waals surface area contributed by atoms with E-state index < -0.39 is 0 Å². The van der Waals surface area contributed by atoms with Crippen LogP contribution in [0.4, 0.5) is 5.69 Å². The molecule has 124 valence electrons. The molecule has 0 saturated carbocycles. The van der Waals surface area contributed by atoms with Gasteiger partial charge in [0, 0.05) is 11.1 Å². The Morgan fingerprint density at radius 3 is 1.72 bits per heavy atom. The molecule has 0 spiro atoms. The van der Waals surface area contributed by atoms with E-state index in [0.29, 0.717) is 11.4 Å². The van der Waals surface area contributed by atoms with Crippen LogP contribution in [0.5, 0.6) is 5.75 Å². The van der Waals surface area contributed by atoms with E-state index in [1.165, 1.54) is 0 Å². The average molecular weight is 330 g/mol. The van der Waals surface area contributed by atoms with E-state index in [4.69, 9.17) is 9.73 Å². The molecule has 0 bridgehead atoms. The van der Waals surface area contributed by atoms with Gasteiger partial charge in [-0.05, 0) is 24.3 Å². The fourth-order valence-corrected chi connectivity index (χ4v) is 2.47. The number of benzene rings is 3. The first-order valence-corrected chi connectivity index (χ1v) is 7.88. The molecule has 4 nitrogen and oxygen atoms in total. The summed E-state index contributed by atoms with van der Waals surface area (Å²) in [7, 11) is 1.62. The Kier molecular flexibility index (Phi) is 5.22. The van der Waals surface area contributed by atoms with Gasteiger partial charge in [-0.1, -0.05) is 65.8 Å². The smallest absolute Gasteiger partial charge is 0.136 e. The van der Waals surface area contributed by atoms with Crippen molar-refractivity contribution in [2.45, 2.75) is 0 Å². The number of oxime groups is 1. The molecular weight excluding hydrogens is 312 g/mol. The number of hydrogen-bond acceptors (Lipinski definition) is 4. The van der Waals surface area contributed by atoms with Crippen LogP contribution in [0.3, 0.4) is 0 Å². The van der Waals surface area contributed by atoms with Gasteiger partial charge < -0.3 is 9.94 Å². The van der Waals surface area contributed by atoms with Crippen molar-refractivity contribution in [3.8, 4) is 5.75 Å². The van der Waals surface area contributed by atoms with Gasteiger partial charge in [-0.2, -0.15) is 0 Å². The van der Waals surface area contributed by atoms with Crippen LogP contribution < -0.4 is 4.74 Å². The van der Waals surface area contributed by atoms with Crippen molar-refractivity contribution in [3.63, 3.8) is 0 Å². The summed E-state index contributed by atoms with van der Waals surface area (Å²) in [6.45, 7) is 0. The number of ether oxygens (including phenoxy) is 1. The molecule has 0 unspecified atom stereocenters. The number of nitrogens with zero attached hydrogens (tertiary/aromatic N) is 2. The van der Waals surface area contributed by atoms with E-state index in [1.807, 2.05) is 84.9 Å². The topological polar surface area (TPSA) is 54.2 Å². The summed E-state index contributed by atoms with van der Waals surface area (Å²) in [6.07, 6.45) is 0. The van der Waals surface area contributed by atoms with Crippen molar-refractivity contribution < 1.29 is 9.94 Å². The summed E-state index contributed by atoms with van der Waals surface area (Å²) < 4.78 is 5.18. The van der Waals surface area contributed by atoms with Gasteiger partial charge in [0.05, 0.1) is 12.8 Å². The standard InChI is InChI=1S/C21H18N2O2/c1-25-19-14-12-18(13-15-19)22-20(16-8-4-2-5-9-16)21(23-24)17-10-6-3-7-11-17/h2-15,24H,1H3/b22-20?,23-21-. The summed E-state index contributed by atoms with van der Waals surface area (Å²) in [5.41, 5.74) is 3.43. The van der Waals surface area contributed by atoms with Crippen molar-refractivity contribution in [2.24, 2.45) is 10.1 Å². The molecule has 0 aliphatic rings. The maximum atomic E-state index is 9.66. The van der Waals surface area contributed by atoms with Crippen molar-refractivity contribution >= 4 is 17.1 Å². The average Bonchev–Trinajstić information content (AvgIpc) is 2.70. The Morgan fingerprint density at radius 1 is 0.720 bits per heavy atom. The van der Waals surface area contributed by atoms with Crippen LogP contribution in [0.15, 0.2) is 95.1 Å². The summed E-state index contributed by atoms with van der Waals surface area (Å²) in [4.78, 5) is 4.72. The van der Waals surface area contributed by atoms with Gasteiger partial charge in [-0.25, -0.2) is 4.99 Å². The maximum absolute atomic E-state index is 9.66. The van der Waals surface area contributed by atoms with Gasteiger partial charge in [0.15, 0.2) is 0 Å². The molecule has 0 aromatic heterocycles. The molecule has 3 aromatic rings. The molecule has 3 aromatic carbocycles. The summed E-state index contributed by atoms with van der Waals surface area (Å²) in [5.74, 6) is 0.763. The van der Waals surface area contributed by atoms with Crippen LogP contribution in [0.1, 0.15) is 11.1 Å². The monoisotopic (exact) mass is 330 g/mol. The Labute approximate surface area is 146 Å². The van der Waals surface area contributed by atoms with Gasteiger partial charge in [0.2, 0.25) is 0 Å². The lowest BCUT2D eigenvalue weighted by atomic mass is 9.99. The van der Waals surface area contributed by atoms with Crippen molar-refractivity contribution in [2.75, 3.05) is 7.11 Å². The molecule has 3 rings (SSSR count). The van der Waals surface area contributed by atoms with E-state index >= 15 is 0 Å². The highest BCUT2D eigenvalue weighted by Gasteiger charge is 2.15. The van der Waals surface area contributed by atoms with E-state index in [1.54, 1.807) is 7.11 Å². The third kappa shape index (κ3) is 3.93. The Hall–Kier alpha value is -3.40. The second-order valence-corrected chi connectivity index (χ2v) is 5.34. The molecule has 0 atom stereocenters. The second kappa shape index (κ2) is 7.93. The molecule has 0 heterocycles. The number of rotatable bonds is 5. The molecule has 0 fully saturated rings. The molecule has 0 saturated heterocycles. The number of methoxy groups -OCH3 is 1. The lowest BCUT2D eigenvalue weighted by Gasteiger charge is -2.10. The number of aliphatic imine (C=N–C) groups is 1. The molecule has 25 heavy (non-hydrogen) atoms. The molecule has 0 aliphatic heterocycles. The predicted molar refractivity (Wildman–Crippen MR) is 100 cm³/mol. The zero-order valence-corrected chi connectivity index (χ0v) is 13.8. The Balaban J connectivity index is 2.11. The van der Waals surface area contributed by atoms with E-state index in [2.05, 4.69) is 5.16 Å². The van der Waals surface area contributed by atoms with E-state index in [-0.39, 0.29) is 0 Å². The van der Waals surface area contributed by atoms with Crippen LogP contribution in [-0.2, 0) is 0 Å². The van der Waals surface area contributed by atoms with Crippen molar-refractivity contribution in [1.29, 1.82) is 0 Å². The minimum absolute atomic E-state index is 0.419. The Morgan fingerprint density at radius 2 is 1.24 bits per heavy atom. The van der Waals surface area contributed by atoms with Gasteiger partial charge in [-0.3, -0.25) is 0 Å². The first-order valence-electron chi connectivity index (χ1n) is 7.88. The Bertz CT molecular complexity index is 871. The van der Waals surface area contributed by atoms with Gasteiger partial charge in [0.1, 0.15) is 17.2 Å². The number of hydrogen-bond donors (Lipinski definition) is 1.